The van der Waals surface area contributed by atoms with Crippen molar-refractivity contribution in [3.63, 3.8) is 0 Å². The second-order valence-electron chi connectivity index (χ2n) is 22.4. The van der Waals surface area contributed by atoms with Crippen LogP contribution in [0.3, 0.4) is 0 Å². The molecule has 5 aliphatic heterocycles. The van der Waals surface area contributed by atoms with E-state index >= 15 is 0 Å². The first-order valence-corrected chi connectivity index (χ1v) is 49.6. The number of allylic oxidation sites excluding steroid dienone is 1. The van der Waals surface area contributed by atoms with Gasteiger partial charge in [-0.3, -0.25) is 92.4 Å². The van der Waals surface area contributed by atoms with Gasteiger partial charge < -0.3 is 22.7 Å². The Bertz CT molecular complexity index is 4270. The molecule has 5 aliphatic rings. The van der Waals surface area contributed by atoms with Crippen molar-refractivity contribution in [1.82, 2.24) is 38.4 Å². The molecule has 1 aromatic heterocycles. The molecule has 599 valence electrons. The molecule has 112 heavy (non-hydrogen) atoms. The van der Waals surface area contributed by atoms with E-state index in [0.717, 1.165) is 113 Å². The SMILES string of the molecule is C1=CN=CC1.CC(=O)c1ccc([N+](=O)[O-])c(F)c1.CC(O)c1ccc([N+](=O)[O-])c(F)c1.CC(OP(=O)(N1CC1)N1CC1)c1ccc([N+](=O)[O-])c(-n2ccnc2)c1.CC(OP(=O)(N1CC1)N1CC1)c1ccc([N+](=O)[O-])c(F)c1.CC(OP(=O)(NCCBr)NCCBr)c1ccc([N+](=O)[O-])c(F)c1.CI(P)Br.O=CO[O-].[B].[H-].[H-].[K+].[K+].[Na+]. The molecule has 51 heteroatoms. The van der Waals surface area contributed by atoms with E-state index in [1.54, 1.807) is 58.5 Å². The zero-order valence-corrected chi connectivity index (χ0v) is 80.7. The molecule has 0 amide bonds. The maximum atomic E-state index is 13.7. The average molecular weight is 2020 g/mol. The summed E-state index contributed by atoms with van der Waals surface area (Å²) in [7, 11) is -9.29. The number of aliphatic imine (C=N–C) groups is 1. The maximum absolute atomic E-state index is 13.7. The number of hydrogen-bond donors (Lipinski definition) is 3. The van der Waals surface area contributed by atoms with Gasteiger partial charge in [0, 0.05) is 152 Å². The summed E-state index contributed by atoms with van der Waals surface area (Å²) < 4.78 is 118. The minimum Gasteiger partial charge on any atom is -1.00 e. The maximum Gasteiger partial charge on any atom is 1.00 e. The molecule has 11 rings (SSSR count). The Morgan fingerprint density at radius 1 is 0.634 bits per heavy atom. The van der Waals surface area contributed by atoms with Gasteiger partial charge in [-0.25, -0.2) is 33.8 Å². The number of Topliss-reactive ketones (excluding diaryl/α,β-unsaturated/α-hetero) is 1. The number of aromatic nitrogens is 2. The van der Waals surface area contributed by atoms with Gasteiger partial charge in [0.15, 0.2) is 5.78 Å². The number of hydrogen-bond acceptors (Lipinski definition) is 23. The van der Waals surface area contributed by atoms with Crippen molar-refractivity contribution in [3.8, 4) is 5.69 Å². The second kappa shape index (κ2) is 54.8. The van der Waals surface area contributed by atoms with E-state index in [2.05, 4.69) is 81.4 Å². The number of aliphatic hydroxyl groups excluding tert-OH is 1. The Hall–Kier alpha value is -2.23. The van der Waals surface area contributed by atoms with Gasteiger partial charge in [-0.05, 0) is 118 Å². The van der Waals surface area contributed by atoms with Gasteiger partial charge in [-0.15, -0.1) is 0 Å². The number of carbonyl (C=O) groups excluding carboxylic acids is 2. The topological polar surface area (TPSA) is 448 Å². The van der Waals surface area contributed by atoms with Gasteiger partial charge in [0.05, 0.1) is 55.4 Å². The monoisotopic (exact) mass is 2020 g/mol. The average Bonchev–Trinajstić information content (AvgIpc) is 1.61. The van der Waals surface area contributed by atoms with Gasteiger partial charge in [-0.2, -0.15) is 17.6 Å². The van der Waals surface area contributed by atoms with Crippen LogP contribution in [0.2, 0.25) is 0 Å². The van der Waals surface area contributed by atoms with Crippen molar-refractivity contribution in [1.29, 1.82) is 0 Å². The Kier molecular flexibility index (Phi) is 53.7. The van der Waals surface area contributed by atoms with E-state index < -0.39 is 135 Å². The summed E-state index contributed by atoms with van der Waals surface area (Å²) in [5, 5.41) is 77.1. The van der Waals surface area contributed by atoms with Crippen LogP contribution in [-0.4, -0.2) is 166 Å². The number of ketones is 1. The molecule has 6 heterocycles. The number of nitrogens with one attached hydrogen (secondary N) is 2. The molecule has 0 aliphatic carbocycles. The molecule has 5 unspecified atom stereocenters. The van der Waals surface area contributed by atoms with E-state index in [9.17, 15) is 86.6 Å². The number of benzene rings is 5. The van der Waals surface area contributed by atoms with Crippen molar-refractivity contribution in [2.24, 2.45) is 4.99 Å². The first-order chi connectivity index (χ1) is 50.9. The van der Waals surface area contributed by atoms with Gasteiger partial charge in [0.25, 0.3) is 12.2 Å². The fourth-order valence-corrected chi connectivity index (χ4v) is 16.0. The Morgan fingerprint density at radius 2 is 0.964 bits per heavy atom. The van der Waals surface area contributed by atoms with Crippen molar-refractivity contribution in [2.75, 3.05) is 81.0 Å². The number of nitro benzene ring substituents is 5. The van der Waals surface area contributed by atoms with Crippen molar-refractivity contribution in [2.45, 2.75) is 65.5 Å². The molecule has 4 saturated heterocycles. The largest absolute Gasteiger partial charge is 1.00 e. The minimum atomic E-state index is -3.34. The van der Waals surface area contributed by atoms with Crippen LogP contribution in [0, 0.1) is 73.8 Å². The molecule has 5 atom stereocenters. The van der Waals surface area contributed by atoms with Gasteiger partial charge >= 0.3 is 220 Å². The molecule has 5 aromatic carbocycles. The van der Waals surface area contributed by atoms with E-state index in [0.29, 0.717) is 46.1 Å². The number of imidazole rings is 1. The third kappa shape index (κ3) is 37.6. The van der Waals surface area contributed by atoms with Crippen molar-refractivity contribution < 1.29 is 229 Å². The van der Waals surface area contributed by atoms with Crippen molar-refractivity contribution in [3.05, 3.63) is 224 Å². The Labute approximate surface area is 785 Å². The predicted octanol–water partition coefficient (Wildman–Crippen LogP) is 5.25. The molecule has 6 aromatic rings. The van der Waals surface area contributed by atoms with Crippen LogP contribution < -0.4 is 148 Å². The first-order valence-electron chi connectivity index (χ1n) is 31.5. The van der Waals surface area contributed by atoms with E-state index in [-0.39, 0.29) is 167 Å². The Balaban J connectivity index is -0.00000130. The van der Waals surface area contributed by atoms with Crippen LogP contribution in [0.1, 0.15) is 101 Å². The van der Waals surface area contributed by atoms with Crippen LogP contribution in [-0.2, 0) is 36.9 Å². The second-order valence-corrected chi connectivity index (χ2v) is 48.1. The molecular formula is C61H77BBr3F4IK2N14NaO21P4. The fourth-order valence-electron chi connectivity index (χ4n) is 8.65. The number of aliphatic hydroxyl groups is 1. The number of nitrogens with zero attached hydrogens (tertiary/aromatic N) is 12. The summed E-state index contributed by atoms with van der Waals surface area (Å²) in [6.45, 7) is 17.2. The van der Waals surface area contributed by atoms with E-state index in [1.165, 1.54) is 50.5 Å². The van der Waals surface area contributed by atoms with Crippen LogP contribution in [0.5, 0.6) is 0 Å². The van der Waals surface area contributed by atoms with Gasteiger partial charge in [0.1, 0.15) is 5.69 Å². The number of halogens is 8. The van der Waals surface area contributed by atoms with Crippen molar-refractivity contribution >= 4 is 147 Å². The predicted molar refractivity (Wildman–Crippen MR) is 420 cm³/mol. The minimum absolute atomic E-state index is 0. The Morgan fingerprint density at radius 3 is 1.23 bits per heavy atom. The molecule has 4 fully saturated rings. The third-order valence-electron chi connectivity index (χ3n) is 14.4. The summed E-state index contributed by atoms with van der Waals surface area (Å²) in [5.74, 6) is -4.12. The summed E-state index contributed by atoms with van der Waals surface area (Å²) in [6.07, 6.45) is 8.84. The third-order valence-corrected chi connectivity index (χ3v) is 22.7. The molecule has 35 nitrogen and oxygen atoms in total. The quantitative estimate of drug-likeness (QED) is 0.00482. The molecule has 0 bridgehead atoms. The first kappa shape index (κ1) is 110. The van der Waals surface area contributed by atoms with E-state index in [1.807, 2.05) is 28.6 Å². The van der Waals surface area contributed by atoms with Crippen LogP contribution in [0.25, 0.3) is 5.69 Å². The smallest absolute Gasteiger partial charge is 1.00 e. The zero-order valence-electron chi connectivity index (χ0n) is 63.7. The summed E-state index contributed by atoms with van der Waals surface area (Å²) >= 11 is 9.30. The number of carbonyl (C=O) groups is 2. The summed E-state index contributed by atoms with van der Waals surface area (Å²) in [6, 6.07) is 18.2. The molecule has 0 spiro atoms. The van der Waals surface area contributed by atoms with Crippen LogP contribution in [0.4, 0.5) is 46.0 Å². The van der Waals surface area contributed by atoms with Gasteiger partial charge in [0.2, 0.25) is 23.3 Å². The number of rotatable bonds is 28. The molecular weight excluding hydrogens is 1940 g/mol. The standard InChI is InChI=1S/C15H18N5O4P.C12H17Br2FN3O4P.C12H15FN3O4P.C8H8FNO3.C8H6FNO3.C4H5N.CH5BrIP.CH2O3.B.2K.Na.2H/c1-12(24-25(23,18-6-7-18)19-8-9-19)13-2-3-14(20(21)22)15(10-13)17-5-4-16-11-17;1-9(10-2-3-12(18(19)20)11(15)8-10)22-23(21,16-6-4-13)17-7-5-14;1-9(10-2-3-12(16(17)18)11(13)8-10)20-21(19,14-4-5-14)15-6-7-15;2*1-5(11)6-2-3-8(10(12)13)7(9)4-6;1-2-4-5-3-1;1-3(2)4;2-1-4-3;;;;;;/h2-5,10-12H,6-9H2,1H3;2-3,8-9H,4-7H2,1H3,(H2,16,17,21);2-3,8-9H,4-7H2,1H3;2-5,11H,1H3;2-4H,1H3;1,3-4H,2H2;4H2,1H3;1,3H;;;;;;/q;;;;;;;;;3*+1;2*-1/p-1. The zero-order chi connectivity index (χ0) is 80.8. The normalized spacial score (nSPS) is 14.7. The number of alkyl halides is 3. The molecule has 3 N–H and O–H groups in total. The summed E-state index contributed by atoms with van der Waals surface area (Å²) in [5.41, 5.74) is -0.0294. The van der Waals surface area contributed by atoms with Crippen LogP contribution in [0.15, 0.2) is 127 Å². The summed E-state index contributed by atoms with van der Waals surface area (Å²) in [4.78, 5) is 81.2. The fraction of sp³-hybridized carbons (Fsp3) is 0.377. The van der Waals surface area contributed by atoms with Crippen LogP contribution >= 0.6 is 91.5 Å². The molecule has 0 saturated carbocycles. The molecule has 3 radical (unpaired) electrons. The van der Waals surface area contributed by atoms with E-state index in [4.69, 9.17) is 28.7 Å². The number of nitro groups is 5. The van der Waals surface area contributed by atoms with Gasteiger partial charge in [-0.1, -0.05) is 37.9 Å².